The lowest BCUT2D eigenvalue weighted by atomic mass is 9.77. The van der Waals surface area contributed by atoms with Gasteiger partial charge in [0.05, 0.1) is 6.61 Å². The Morgan fingerprint density at radius 1 is 0.795 bits per heavy atom. The number of halogens is 3. The largest absolute Gasteiger partial charge is 0.391 e. The lowest BCUT2D eigenvalue weighted by Crippen LogP contribution is -2.27. The summed E-state index contributed by atoms with van der Waals surface area (Å²) < 4.78 is 49.1. The first-order valence-electron chi connectivity index (χ1n) is 15.3. The first-order chi connectivity index (χ1) is 18.9. The second-order valence-corrected chi connectivity index (χ2v) is 12.0. The third-order valence-electron chi connectivity index (χ3n) is 9.25. The number of benzene rings is 2. The van der Waals surface area contributed by atoms with Crippen LogP contribution in [0.4, 0.5) is 13.2 Å². The van der Waals surface area contributed by atoms with Crippen LogP contribution >= 0.6 is 0 Å². The van der Waals surface area contributed by atoms with Gasteiger partial charge in [-0.05, 0) is 117 Å². The molecule has 2 aromatic carbocycles. The monoisotopic (exact) mass is 540 g/mol. The zero-order valence-electron chi connectivity index (χ0n) is 23.9. The fraction of sp³-hybridized carbons (Fsp3) is 0.600. The lowest BCUT2D eigenvalue weighted by Gasteiger charge is -2.29. The van der Waals surface area contributed by atoms with Crippen LogP contribution in [-0.2, 0) is 11.3 Å². The third kappa shape index (κ3) is 8.46. The van der Waals surface area contributed by atoms with E-state index in [1.54, 1.807) is 0 Å². The molecule has 2 aliphatic carbocycles. The van der Waals surface area contributed by atoms with E-state index in [1.165, 1.54) is 75.5 Å². The Balaban J connectivity index is 1.24. The number of hydrogen-bond acceptors (Lipinski definition) is 1. The standard InChI is InChI=1S/C35H47F3O/c1-3-5-6-8-27-11-17-29(18-12-27)31-19-13-28(14-20-31)25-39-35(37,38)34(36)33-23-21-32(22-24-33)30-15-9-26(7-4-2)10-16-30/h3,5,13-14,19-24,26-27,29-30,34H,4,6-12,15-18,25H2,1-2H3. The Kier molecular flexibility index (Phi) is 11.1. The highest BCUT2D eigenvalue weighted by molar-refractivity contribution is 5.28. The highest BCUT2D eigenvalue weighted by Gasteiger charge is 2.43. The van der Waals surface area contributed by atoms with Gasteiger partial charge >= 0.3 is 6.11 Å². The average Bonchev–Trinajstić information content (AvgIpc) is 2.97. The maximum Gasteiger partial charge on any atom is 0.391 e. The normalized spacial score (nSPS) is 25.2. The van der Waals surface area contributed by atoms with Gasteiger partial charge in [-0.2, -0.15) is 8.78 Å². The molecule has 4 rings (SSSR count). The van der Waals surface area contributed by atoms with Crippen LogP contribution in [0, 0.1) is 11.8 Å². The molecule has 39 heavy (non-hydrogen) atoms. The molecule has 2 aliphatic rings. The summed E-state index contributed by atoms with van der Waals surface area (Å²) in [7, 11) is 0. The molecule has 0 saturated heterocycles. The van der Waals surface area contributed by atoms with E-state index in [0.29, 0.717) is 17.4 Å². The molecule has 1 nitrogen and oxygen atoms in total. The Labute approximate surface area is 234 Å². The Morgan fingerprint density at radius 3 is 1.82 bits per heavy atom. The number of alkyl halides is 3. The van der Waals surface area contributed by atoms with E-state index in [-0.39, 0.29) is 12.2 Å². The van der Waals surface area contributed by atoms with Crippen molar-refractivity contribution in [1.82, 2.24) is 0 Å². The van der Waals surface area contributed by atoms with E-state index < -0.39 is 12.3 Å². The molecular formula is C35H47F3O. The van der Waals surface area contributed by atoms with Crippen LogP contribution in [0.15, 0.2) is 60.7 Å². The predicted octanol–water partition coefficient (Wildman–Crippen LogP) is 11.2. The van der Waals surface area contributed by atoms with Crippen molar-refractivity contribution in [2.45, 2.75) is 122 Å². The van der Waals surface area contributed by atoms with Crippen molar-refractivity contribution in [3.8, 4) is 0 Å². The highest BCUT2D eigenvalue weighted by atomic mass is 19.3. The molecule has 0 heterocycles. The number of allylic oxidation sites excluding steroid dienone is 2. The third-order valence-corrected chi connectivity index (χ3v) is 9.25. The zero-order valence-corrected chi connectivity index (χ0v) is 23.9. The molecule has 214 valence electrons. The molecule has 0 amide bonds. The van der Waals surface area contributed by atoms with Gasteiger partial charge in [-0.15, -0.1) is 0 Å². The van der Waals surface area contributed by atoms with Crippen LogP contribution in [0.3, 0.4) is 0 Å². The van der Waals surface area contributed by atoms with Gasteiger partial charge in [0.1, 0.15) is 0 Å². The summed E-state index contributed by atoms with van der Waals surface area (Å²) in [5.74, 6) is 2.60. The Morgan fingerprint density at radius 2 is 1.31 bits per heavy atom. The van der Waals surface area contributed by atoms with Crippen molar-refractivity contribution in [3.05, 3.63) is 82.9 Å². The topological polar surface area (TPSA) is 9.23 Å². The van der Waals surface area contributed by atoms with Crippen LogP contribution in [0.2, 0.25) is 0 Å². The molecule has 0 aliphatic heterocycles. The van der Waals surface area contributed by atoms with Crippen molar-refractivity contribution in [2.75, 3.05) is 0 Å². The van der Waals surface area contributed by atoms with E-state index in [9.17, 15) is 13.2 Å². The van der Waals surface area contributed by atoms with Gasteiger partial charge in [-0.1, -0.05) is 80.4 Å². The molecule has 1 atom stereocenters. The van der Waals surface area contributed by atoms with Gasteiger partial charge in [0.15, 0.2) is 0 Å². The molecule has 2 aromatic rings. The molecule has 2 fully saturated rings. The Hall–Kier alpha value is -2.07. The molecular weight excluding hydrogens is 493 g/mol. The zero-order chi connectivity index (χ0) is 27.7. The highest BCUT2D eigenvalue weighted by Crippen LogP contribution is 2.41. The van der Waals surface area contributed by atoms with Crippen molar-refractivity contribution < 1.29 is 17.9 Å². The van der Waals surface area contributed by atoms with E-state index in [1.807, 2.05) is 36.4 Å². The minimum absolute atomic E-state index is 0.0277. The second-order valence-electron chi connectivity index (χ2n) is 12.0. The van der Waals surface area contributed by atoms with Gasteiger partial charge < -0.3 is 4.74 Å². The summed E-state index contributed by atoms with van der Waals surface area (Å²) >= 11 is 0. The molecule has 0 bridgehead atoms. The van der Waals surface area contributed by atoms with Gasteiger partial charge in [-0.3, -0.25) is 0 Å². The first kappa shape index (κ1) is 29.9. The van der Waals surface area contributed by atoms with Crippen molar-refractivity contribution in [2.24, 2.45) is 11.8 Å². The molecule has 0 aromatic heterocycles. The summed E-state index contributed by atoms with van der Waals surface area (Å²) in [4.78, 5) is 0. The molecule has 2 saturated carbocycles. The van der Waals surface area contributed by atoms with E-state index in [4.69, 9.17) is 4.74 Å². The van der Waals surface area contributed by atoms with Crippen LogP contribution < -0.4 is 0 Å². The molecule has 4 heteroatoms. The summed E-state index contributed by atoms with van der Waals surface area (Å²) in [6.07, 6.45) is 12.5. The summed E-state index contributed by atoms with van der Waals surface area (Å²) in [6, 6.07) is 14.4. The minimum atomic E-state index is -3.89. The predicted molar refractivity (Wildman–Crippen MR) is 155 cm³/mol. The second kappa shape index (κ2) is 14.5. The summed E-state index contributed by atoms with van der Waals surface area (Å²) in [5.41, 5.74) is 3.01. The van der Waals surface area contributed by atoms with Crippen molar-refractivity contribution in [3.63, 3.8) is 0 Å². The fourth-order valence-electron chi connectivity index (χ4n) is 6.75. The van der Waals surface area contributed by atoms with Gasteiger partial charge in [-0.25, -0.2) is 4.39 Å². The van der Waals surface area contributed by atoms with E-state index in [0.717, 1.165) is 36.7 Å². The van der Waals surface area contributed by atoms with E-state index in [2.05, 4.69) is 26.0 Å². The maximum absolute atomic E-state index is 14.9. The average molecular weight is 541 g/mol. The first-order valence-corrected chi connectivity index (χ1v) is 15.3. The number of hydrogen-bond donors (Lipinski definition) is 0. The van der Waals surface area contributed by atoms with Gasteiger partial charge in [0, 0.05) is 0 Å². The van der Waals surface area contributed by atoms with Crippen molar-refractivity contribution >= 4 is 0 Å². The van der Waals surface area contributed by atoms with Crippen LogP contribution in [0.1, 0.15) is 131 Å². The van der Waals surface area contributed by atoms with E-state index >= 15 is 0 Å². The Bertz CT molecular complexity index is 997. The molecule has 0 N–H and O–H groups in total. The van der Waals surface area contributed by atoms with Crippen LogP contribution in [-0.4, -0.2) is 6.11 Å². The van der Waals surface area contributed by atoms with Crippen LogP contribution in [0.25, 0.3) is 0 Å². The molecule has 1 unspecified atom stereocenters. The lowest BCUT2D eigenvalue weighted by molar-refractivity contribution is -0.282. The SMILES string of the molecule is CC=CCCC1CCC(c2ccc(COC(F)(F)C(F)c3ccc(C4CCC(CCC)CC4)cc3)cc2)CC1. The smallest absolute Gasteiger partial charge is 0.313 e. The minimum Gasteiger partial charge on any atom is -0.313 e. The quantitative estimate of drug-likeness (QED) is 0.243. The molecule has 0 radical (unpaired) electrons. The summed E-state index contributed by atoms with van der Waals surface area (Å²) in [6.45, 7) is 3.98. The fourth-order valence-corrected chi connectivity index (χ4v) is 6.75. The van der Waals surface area contributed by atoms with Crippen molar-refractivity contribution in [1.29, 1.82) is 0 Å². The summed E-state index contributed by atoms with van der Waals surface area (Å²) in [5, 5.41) is 0. The van der Waals surface area contributed by atoms with Gasteiger partial charge in [0.25, 0.3) is 0 Å². The maximum atomic E-state index is 14.9. The molecule has 0 spiro atoms. The van der Waals surface area contributed by atoms with Gasteiger partial charge in [0.2, 0.25) is 6.17 Å². The number of rotatable bonds is 12. The number of ether oxygens (including phenoxy) is 1. The van der Waals surface area contributed by atoms with Crippen LogP contribution in [0.5, 0.6) is 0 Å².